The molecule has 0 aliphatic carbocycles. The Kier molecular flexibility index (Phi) is 21.4. The van der Waals surface area contributed by atoms with Gasteiger partial charge in [-0.25, -0.2) is 0 Å². The van der Waals surface area contributed by atoms with E-state index in [9.17, 15) is 4.79 Å². The normalized spacial score (nSPS) is 12.7. The Labute approximate surface area is 118 Å². The van der Waals surface area contributed by atoms with E-state index < -0.39 is 5.97 Å². The molecule has 0 rings (SSSR count). The van der Waals surface area contributed by atoms with Crippen molar-refractivity contribution >= 4 is 5.97 Å². The molecular formula is C14H34N2O3. The molecular weight excluding hydrogens is 244 g/mol. The molecule has 19 heavy (non-hydrogen) atoms. The zero-order valence-electron chi connectivity index (χ0n) is 13.5. The highest BCUT2D eigenvalue weighted by atomic mass is 16.4. The van der Waals surface area contributed by atoms with E-state index in [2.05, 4.69) is 6.92 Å². The van der Waals surface area contributed by atoms with Gasteiger partial charge in [-0.1, -0.05) is 26.7 Å². The fourth-order valence-corrected chi connectivity index (χ4v) is 0.953. The van der Waals surface area contributed by atoms with Crippen LogP contribution in [0.4, 0.5) is 0 Å². The standard InChI is InChI=1S/C8H16O2.C3H9NO.C3H9N/c1-3-5-6-7(4-2)8(9)10;1-3(5)2-4;1-4(2)3/h7H,3-6H2,1-2H3,(H,9,10);3,5H,2,4H2,1H3;1-3H3. The second-order valence-corrected chi connectivity index (χ2v) is 5.01. The highest BCUT2D eigenvalue weighted by molar-refractivity contribution is 5.69. The number of aliphatic hydroxyl groups is 1. The Hall–Kier alpha value is -0.650. The molecule has 0 aromatic carbocycles. The number of rotatable bonds is 6. The summed E-state index contributed by atoms with van der Waals surface area (Å²) in [7, 11) is 6.00. The molecule has 0 bridgehead atoms. The molecule has 0 amide bonds. The quantitative estimate of drug-likeness (QED) is 0.689. The van der Waals surface area contributed by atoms with Crippen molar-refractivity contribution in [3.05, 3.63) is 0 Å². The highest BCUT2D eigenvalue weighted by Gasteiger charge is 2.12. The van der Waals surface area contributed by atoms with Crippen LogP contribution in [0.25, 0.3) is 0 Å². The van der Waals surface area contributed by atoms with Crippen LogP contribution in [0.1, 0.15) is 46.5 Å². The summed E-state index contributed by atoms with van der Waals surface area (Å²) in [5, 5.41) is 16.8. The van der Waals surface area contributed by atoms with Gasteiger partial charge in [0.05, 0.1) is 12.0 Å². The van der Waals surface area contributed by atoms with Crippen molar-refractivity contribution in [3.63, 3.8) is 0 Å². The van der Waals surface area contributed by atoms with Gasteiger partial charge in [-0.05, 0) is 40.9 Å². The lowest BCUT2D eigenvalue weighted by atomic mass is 10.00. The molecule has 0 aliphatic rings. The molecule has 0 heterocycles. The Morgan fingerprint density at radius 3 is 1.79 bits per heavy atom. The summed E-state index contributed by atoms with van der Waals surface area (Å²) in [4.78, 5) is 12.4. The predicted molar refractivity (Wildman–Crippen MR) is 81.3 cm³/mol. The fraction of sp³-hybridized carbons (Fsp3) is 0.929. The van der Waals surface area contributed by atoms with Crippen LogP contribution in [-0.4, -0.2) is 54.9 Å². The van der Waals surface area contributed by atoms with Gasteiger partial charge in [0.25, 0.3) is 0 Å². The van der Waals surface area contributed by atoms with Crippen LogP contribution < -0.4 is 5.73 Å². The van der Waals surface area contributed by atoms with E-state index in [1.165, 1.54) is 0 Å². The smallest absolute Gasteiger partial charge is 0.306 e. The van der Waals surface area contributed by atoms with Crippen molar-refractivity contribution in [3.8, 4) is 0 Å². The van der Waals surface area contributed by atoms with Gasteiger partial charge >= 0.3 is 5.97 Å². The van der Waals surface area contributed by atoms with E-state index >= 15 is 0 Å². The second-order valence-electron chi connectivity index (χ2n) is 5.01. The molecule has 0 saturated heterocycles. The summed E-state index contributed by atoms with van der Waals surface area (Å²) in [6.07, 6.45) is 3.38. The highest BCUT2D eigenvalue weighted by Crippen LogP contribution is 2.11. The van der Waals surface area contributed by atoms with Gasteiger partial charge in [-0.3, -0.25) is 4.79 Å². The monoisotopic (exact) mass is 278 g/mol. The maximum Gasteiger partial charge on any atom is 0.306 e. The van der Waals surface area contributed by atoms with Crippen molar-refractivity contribution in [2.75, 3.05) is 27.7 Å². The third kappa shape index (κ3) is 31.7. The van der Waals surface area contributed by atoms with Crippen molar-refractivity contribution in [1.82, 2.24) is 4.90 Å². The number of hydrogen-bond donors (Lipinski definition) is 3. The topological polar surface area (TPSA) is 86.8 Å². The van der Waals surface area contributed by atoms with Gasteiger partial charge in [-0.2, -0.15) is 0 Å². The summed E-state index contributed by atoms with van der Waals surface area (Å²) < 4.78 is 0. The third-order valence-electron chi connectivity index (χ3n) is 2.09. The zero-order chi connectivity index (χ0) is 15.8. The third-order valence-corrected chi connectivity index (χ3v) is 2.09. The first-order chi connectivity index (χ1) is 8.72. The summed E-state index contributed by atoms with van der Waals surface area (Å²) in [5.41, 5.74) is 4.92. The van der Waals surface area contributed by atoms with Gasteiger partial charge in [0.15, 0.2) is 0 Å². The minimum atomic E-state index is -0.643. The van der Waals surface area contributed by atoms with E-state index in [0.29, 0.717) is 6.54 Å². The second kappa shape index (κ2) is 17.4. The van der Waals surface area contributed by atoms with Crippen LogP contribution in [0.15, 0.2) is 0 Å². The van der Waals surface area contributed by atoms with Crippen LogP contribution in [-0.2, 0) is 4.79 Å². The number of carbonyl (C=O) groups is 1. The number of carboxylic acid groups (broad SMARTS) is 1. The van der Waals surface area contributed by atoms with Gasteiger partial charge < -0.3 is 20.8 Å². The molecule has 5 nitrogen and oxygen atoms in total. The SMILES string of the molecule is CC(O)CN.CCCCC(CC)C(=O)O.CN(C)C. The Morgan fingerprint density at radius 2 is 1.63 bits per heavy atom. The Bertz CT molecular complexity index is 183. The predicted octanol–water partition coefficient (Wildman–Crippen LogP) is 1.79. The number of nitrogens with zero attached hydrogens (tertiary/aromatic N) is 1. The number of carboxylic acids is 1. The van der Waals surface area contributed by atoms with Crippen LogP contribution in [0, 0.1) is 5.92 Å². The number of nitrogens with two attached hydrogens (primary N) is 1. The van der Waals surface area contributed by atoms with E-state index in [4.69, 9.17) is 15.9 Å². The van der Waals surface area contributed by atoms with Gasteiger partial charge in [0.2, 0.25) is 0 Å². The first kappa shape index (κ1) is 23.4. The molecule has 0 aliphatic heterocycles. The molecule has 5 heteroatoms. The molecule has 4 N–H and O–H groups in total. The van der Waals surface area contributed by atoms with E-state index in [1.54, 1.807) is 6.92 Å². The average molecular weight is 278 g/mol. The lowest BCUT2D eigenvalue weighted by Crippen LogP contribution is -2.14. The average Bonchev–Trinajstić information content (AvgIpc) is 2.29. The molecule has 0 spiro atoms. The van der Waals surface area contributed by atoms with Crippen LogP contribution in [0.2, 0.25) is 0 Å². The van der Waals surface area contributed by atoms with Gasteiger partial charge in [0.1, 0.15) is 0 Å². The maximum atomic E-state index is 10.4. The Balaban J connectivity index is -0.000000238. The Morgan fingerprint density at radius 1 is 1.26 bits per heavy atom. The molecule has 0 saturated carbocycles. The van der Waals surface area contributed by atoms with E-state index in [1.807, 2.05) is 33.0 Å². The first-order valence-corrected chi connectivity index (χ1v) is 6.94. The molecule has 0 aromatic rings. The van der Waals surface area contributed by atoms with Crippen molar-refractivity contribution in [2.24, 2.45) is 11.7 Å². The molecule has 0 radical (unpaired) electrons. The summed E-state index contributed by atoms with van der Waals surface area (Å²) in [6.45, 7) is 6.02. The molecule has 118 valence electrons. The number of unbranched alkanes of at least 4 members (excludes halogenated alkanes) is 1. The lowest BCUT2D eigenvalue weighted by molar-refractivity contribution is -0.142. The van der Waals surface area contributed by atoms with Crippen LogP contribution >= 0.6 is 0 Å². The minimum absolute atomic E-state index is 0.111. The van der Waals surface area contributed by atoms with Crippen LogP contribution in [0.3, 0.4) is 0 Å². The number of hydrogen-bond acceptors (Lipinski definition) is 4. The lowest BCUT2D eigenvalue weighted by Gasteiger charge is -2.06. The largest absolute Gasteiger partial charge is 0.481 e. The fourth-order valence-electron chi connectivity index (χ4n) is 0.953. The van der Waals surface area contributed by atoms with Gasteiger partial charge in [0, 0.05) is 6.54 Å². The van der Waals surface area contributed by atoms with Crippen molar-refractivity contribution < 1.29 is 15.0 Å². The summed E-state index contributed by atoms with van der Waals surface area (Å²) in [5.74, 6) is -0.754. The zero-order valence-corrected chi connectivity index (χ0v) is 13.5. The first-order valence-electron chi connectivity index (χ1n) is 6.94. The summed E-state index contributed by atoms with van der Waals surface area (Å²) in [6, 6.07) is 0. The van der Waals surface area contributed by atoms with Crippen LogP contribution in [0.5, 0.6) is 0 Å². The number of aliphatic hydroxyl groups excluding tert-OH is 1. The van der Waals surface area contributed by atoms with Gasteiger partial charge in [-0.15, -0.1) is 0 Å². The van der Waals surface area contributed by atoms with Crippen molar-refractivity contribution in [1.29, 1.82) is 0 Å². The van der Waals surface area contributed by atoms with E-state index in [0.717, 1.165) is 25.7 Å². The minimum Gasteiger partial charge on any atom is -0.481 e. The maximum absolute atomic E-state index is 10.4. The summed E-state index contributed by atoms with van der Waals surface area (Å²) >= 11 is 0. The molecule has 2 unspecified atom stereocenters. The molecule has 2 atom stereocenters. The molecule has 0 aromatic heterocycles. The van der Waals surface area contributed by atoms with E-state index in [-0.39, 0.29) is 12.0 Å². The number of aliphatic carboxylic acids is 1. The molecule has 0 fully saturated rings. The van der Waals surface area contributed by atoms with Crippen molar-refractivity contribution in [2.45, 2.75) is 52.6 Å².